The van der Waals surface area contributed by atoms with E-state index in [9.17, 15) is 4.79 Å². The molecule has 1 saturated carbocycles. The molecule has 19 heavy (non-hydrogen) atoms. The molecule has 2 rings (SSSR count). The lowest BCUT2D eigenvalue weighted by Gasteiger charge is -2.20. The molecule has 4 heteroatoms. The van der Waals surface area contributed by atoms with Crippen molar-refractivity contribution in [2.75, 3.05) is 11.9 Å². The summed E-state index contributed by atoms with van der Waals surface area (Å²) in [6.45, 7) is -0.175. The van der Waals surface area contributed by atoms with Gasteiger partial charge in [-0.15, -0.1) is 0 Å². The van der Waals surface area contributed by atoms with Gasteiger partial charge in [0, 0.05) is 17.7 Å². The summed E-state index contributed by atoms with van der Waals surface area (Å²) in [6.07, 6.45) is 7.04. The van der Waals surface area contributed by atoms with E-state index in [0.29, 0.717) is 5.82 Å². The van der Waals surface area contributed by atoms with Gasteiger partial charge in [0.05, 0.1) is 0 Å². The maximum absolute atomic E-state index is 12.1. The van der Waals surface area contributed by atoms with E-state index in [1.807, 2.05) is 0 Å². The molecular weight excluding hydrogens is 240 g/mol. The zero-order chi connectivity index (χ0) is 13.5. The van der Waals surface area contributed by atoms with E-state index in [4.69, 9.17) is 5.11 Å². The average Bonchev–Trinajstić information content (AvgIpc) is 2.46. The average molecular weight is 258 g/mol. The monoisotopic (exact) mass is 258 g/mol. The Hall–Kier alpha value is -1.86. The van der Waals surface area contributed by atoms with Crippen molar-refractivity contribution in [2.24, 2.45) is 5.92 Å². The summed E-state index contributed by atoms with van der Waals surface area (Å²) >= 11 is 0. The maximum Gasteiger partial charge on any atom is 0.228 e. The molecule has 0 unspecified atom stereocenters. The molecular formula is C15H18N2O2. The van der Waals surface area contributed by atoms with Gasteiger partial charge < -0.3 is 10.4 Å². The molecule has 0 radical (unpaired) electrons. The molecule has 0 spiro atoms. The lowest BCUT2D eigenvalue weighted by Crippen LogP contribution is -2.25. The predicted molar refractivity (Wildman–Crippen MR) is 73.4 cm³/mol. The van der Waals surface area contributed by atoms with Gasteiger partial charge in [-0.25, -0.2) is 4.98 Å². The van der Waals surface area contributed by atoms with Gasteiger partial charge in [-0.1, -0.05) is 31.1 Å². The topological polar surface area (TPSA) is 62.2 Å². The third-order valence-corrected chi connectivity index (χ3v) is 3.30. The molecule has 1 aromatic rings. The van der Waals surface area contributed by atoms with Crippen LogP contribution in [-0.4, -0.2) is 22.6 Å². The summed E-state index contributed by atoms with van der Waals surface area (Å²) in [4.78, 5) is 16.2. The Labute approximate surface area is 113 Å². The van der Waals surface area contributed by atoms with Gasteiger partial charge in [0.15, 0.2) is 0 Å². The van der Waals surface area contributed by atoms with E-state index in [1.165, 1.54) is 6.42 Å². The number of rotatable bonds is 2. The van der Waals surface area contributed by atoms with Crippen molar-refractivity contribution < 1.29 is 9.90 Å². The van der Waals surface area contributed by atoms with E-state index in [1.54, 1.807) is 18.3 Å². The highest BCUT2D eigenvalue weighted by atomic mass is 16.2. The first-order valence-corrected chi connectivity index (χ1v) is 6.66. The molecule has 4 nitrogen and oxygen atoms in total. The van der Waals surface area contributed by atoms with Gasteiger partial charge in [0.2, 0.25) is 5.91 Å². The number of carbonyl (C=O) groups is 1. The molecule has 2 N–H and O–H groups in total. The second-order valence-corrected chi connectivity index (χ2v) is 4.71. The van der Waals surface area contributed by atoms with Gasteiger partial charge in [0.25, 0.3) is 0 Å². The van der Waals surface area contributed by atoms with Crippen LogP contribution in [0.2, 0.25) is 0 Å². The van der Waals surface area contributed by atoms with Crippen molar-refractivity contribution in [3.63, 3.8) is 0 Å². The van der Waals surface area contributed by atoms with Crippen molar-refractivity contribution >= 4 is 11.7 Å². The molecule has 1 aromatic heterocycles. The fraction of sp³-hybridized carbons (Fsp3) is 0.467. The van der Waals surface area contributed by atoms with E-state index in [2.05, 4.69) is 22.1 Å². The summed E-state index contributed by atoms with van der Waals surface area (Å²) in [5.74, 6) is 6.07. The quantitative estimate of drug-likeness (QED) is 0.797. The van der Waals surface area contributed by atoms with Crippen molar-refractivity contribution in [3.05, 3.63) is 23.9 Å². The van der Waals surface area contributed by atoms with Crippen LogP contribution < -0.4 is 5.32 Å². The summed E-state index contributed by atoms with van der Waals surface area (Å²) in [6, 6.07) is 3.47. The highest BCUT2D eigenvalue weighted by molar-refractivity contribution is 5.91. The Bertz CT molecular complexity index is 496. The number of anilines is 1. The smallest absolute Gasteiger partial charge is 0.228 e. The van der Waals surface area contributed by atoms with Crippen LogP contribution in [0.1, 0.15) is 37.7 Å². The van der Waals surface area contributed by atoms with Crippen molar-refractivity contribution in [2.45, 2.75) is 32.1 Å². The molecule has 0 aromatic carbocycles. The predicted octanol–water partition coefficient (Wildman–Crippen LogP) is 1.94. The highest BCUT2D eigenvalue weighted by Gasteiger charge is 2.21. The second-order valence-electron chi connectivity index (χ2n) is 4.71. The van der Waals surface area contributed by atoms with Crippen LogP contribution >= 0.6 is 0 Å². The number of hydrogen-bond acceptors (Lipinski definition) is 3. The van der Waals surface area contributed by atoms with E-state index < -0.39 is 0 Å². The van der Waals surface area contributed by atoms with Crippen molar-refractivity contribution in [3.8, 4) is 11.8 Å². The fourth-order valence-electron chi connectivity index (χ4n) is 2.31. The molecule has 1 amide bonds. The molecule has 1 fully saturated rings. The normalized spacial score (nSPS) is 15.4. The van der Waals surface area contributed by atoms with E-state index >= 15 is 0 Å². The van der Waals surface area contributed by atoms with Crippen molar-refractivity contribution in [1.29, 1.82) is 0 Å². The van der Waals surface area contributed by atoms with Gasteiger partial charge in [0.1, 0.15) is 12.4 Å². The zero-order valence-corrected chi connectivity index (χ0v) is 10.9. The number of nitrogens with zero attached hydrogens (tertiary/aromatic N) is 1. The Kier molecular flexibility index (Phi) is 4.93. The number of hydrogen-bond donors (Lipinski definition) is 2. The van der Waals surface area contributed by atoms with Gasteiger partial charge >= 0.3 is 0 Å². The van der Waals surface area contributed by atoms with Crippen LogP contribution in [-0.2, 0) is 4.79 Å². The van der Waals surface area contributed by atoms with E-state index in [0.717, 1.165) is 31.2 Å². The molecule has 0 atom stereocenters. The molecule has 0 bridgehead atoms. The summed E-state index contributed by atoms with van der Waals surface area (Å²) in [5.41, 5.74) is 0.739. The largest absolute Gasteiger partial charge is 0.384 e. The summed E-state index contributed by atoms with van der Waals surface area (Å²) in [7, 11) is 0. The lowest BCUT2D eigenvalue weighted by molar-refractivity contribution is -0.120. The van der Waals surface area contributed by atoms with Crippen LogP contribution in [0, 0.1) is 17.8 Å². The Balaban J connectivity index is 1.99. The van der Waals surface area contributed by atoms with Crippen LogP contribution in [0.3, 0.4) is 0 Å². The second kappa shape index (κ2) is 6.91. The molecule has 1 aliphatic carbocycles. The molecule has 0 saturated heterocycles. The fourth-order valence-corrected chi connectivity index (χ4v) is 2.31. The first-order valence-electron chi connectivity index (χ1n) is 6.66. The third kappa shape index (κ3) is 4.08. The molecule has 1 aliphatic rings. The number of carbonyl (C=O) groups excluding carboxylic acids is 1. The first-order chi connectivity index (χ1) is 9.29. The maximum atomic E-state index is 12.1. The first kappa shape index (κ1) is 13.6. The minimum absolute atomic E-state index is 0.0551. The van der Waals surface area contributed by atoms with Crippen LogP contribution in [0.5, 0.6) is 0 Å². The Morgan fingerprint density at radius 3 is 2.95 bits per heavy atom. The van der Waals surface area contributed by atoms with E-state index in [-0.39, 0.29) is 18.4 Å². The SMILES string of the molecule is O=C(Nc1cc(C#CCO)ccn1)C1CCCCC1. The summed E-state index contributed by atoms with van der Waals surface area (Å²) < 4.78 is 0. The number of aromatic nitrogens is 1. The van der Waals surface area contributed by atoms with Crippen LogP contribution in [0.25, 0.3) is 0 Å². The number of pyridine rings is 1. The Morgan fingerprint density at radius 2 is 2.21 bits per heavy atom. The standard InChI is InChI=1S/C15H18N2O2/c18-10-4-5-12-8-9-16-14(11-12)17-15(19)13-6-2-1-3-7-13/h8-9,11,13,18H,1-3,6-7,10H2,(H,16,17,19). The van der Waals surface area contributed by atoms with Crippen LogP contribution in [0.15, 0.2) is 18.3 Å². The molecule has 100 valence electrons. The van der Waals surface area contributed by atoms with Crippen molar-refractivity contribution in [1.82, 2.24) is 4.98 Å². The highest BCUT2D eigenvalue weighted by Crippen LogP contribution is 2.24. The summed E-state index contributed by atoms with van der Waals surface area (Å²) in [5, 5.41) is 11.5. The minimum atomic E-state index is -0.175. The van der Waals surface area contributed by atoms with Gasteiger partial charge in [-0.3, -0.25) is 4.79 Å². The zero-order valence-electron chi connectivity index (χ0n) is 10.9. The van der Waals surface area contributed by atoms with Crippen LogP contribution in [0.4, 0.5) is 5.82 Å². The van der Waals surface area contributed by atoms with Gasteiger partial charge in [-0.2, -0.15) is 0 Å². The Morgan fingerprint density at radius 1 is 1.42 bits per heavy atom. The number of aliphatic hydroxyl groups excluding tert-OH is 1. The molecule has 0 aliphatic heterocycles. The number of nitrogens with one attached hydrogen (secondary N) is 1. The lowest BCUT2D eigenvalue weighted by atomic mass is 9.89. The number of amides is 1. The number of aliphatic hydroxyl groups is 1. The molecule has 1 heterocycles. The third-order valence-electron chi connectivity index (χ3n) is 3.30. The van der Waals surface area contributed by atoms with Gasteiger partial charge in [-0.05, 0) is 25.0 Å². The minimum Gasteiger partial charge on any atom is -0.384 e.